The van der Waals surface area contributed by atoms with Gasteiger partial charge in [0.2, 0.25) is 0 Å². The zero-order valence-corrected chi connectivity index (χ0v) is 11.3. The minimum absolute atomic E-state index is 0.210. The third-order valence-corrected chi connectivity index (χ3v) is 4.64. The molecule has 0 amide bonds. The molecule has 1 aliphatic carbocycles. The van der Waals surface area contributed by atoms with E-state index in [1.54, 1.807) is 0 Å². The molecule has 1 aromatic carbocycles. The summed E-state index contributed by atoms with van der Waals surface area (Å²) in [7, 11) is 0. The summed E-state index contributed by atoms with van der Waals surface area (Å²) in [6, 6.07) is 8.56. The molecule has 1 aromatic heterocycles. The molecule has 0 saturated heterocycles. The van der Waals surface area contributed by atoms with E-state index in [-0.39, 0.29) is 5.41 Å². The van der Waals surface area contributed by atoms with E-state index in [2.05, 4.69) is 29.2 Å². The van der Waals surface area contributed by atoms with E-state index < -0.39 is 0 Å². The molecule has 0 aliphatic heterocycles. The van der Waals surface area contributed by atoms with Gasteiger partial charge >= 0.3 is 0 Å². The van der Waals surface area contributed by atoms with Crippen LogP contribution in [0.4, 0.5) is 0 Å². The summed E-state index contributed by atoms with van der Waals surface area (Å²) in [5, 5.41) is 1.75. The zero-order chi connectivity index (χ0) is 12.8. The Bertz CT molecular complexity index is 597. The minimum Gasteiger partial charge on any atom is -0.330 e. The number of nitrogens with two attached hydrogens (primary N) is 1. The first kappa shape index (κ1) is 11.9. The van der Waals surface area contributed by atoms with E-state index in [9.17, 15) is 0 Å². The molecule has 2 nitrogen and oxygen atoms in total. The van der Waals surface area contributed by atoms with Crippen molar-refractivity contribution in [3.8, 4) is 0 Å². The molecule has 1 fully saturated rings. The normalized spacial score (nSPS) is 17.7. The standard InChI is InChI=1S/C15H17ClN2/c1-10-7-11-8-12(15(9-17)5-2-6-15)3-4-13(11)18-14(10)16/h3-4,7-8H,2,5-6,9,17H2,1H3. The molecule has 3 rings (SSSR count). The van der Waals surface area contributed by atoms with Gasteiger partial charge in [0.1, 0.15) is 5.15 Å². The van der Waals surface area contributed by atoms with Crippen LogP contribution in [-0.2, 0) is 5.41 Å². The Morgan fingerprint density at radius 2 is 2.11 bits per heavy atom. The number of hydrogen-bond donors (Lipinski definition) is 1. The fourth-order valence-electron chi connectivity index (χ4n) is 2.80. The topological polar surface area (TPSA) is 38.9 Å². The van der Waals surface area contributed by atoms with Crippen LogP contribution in [-0.4, -0.2) is 11.5 Å². The highest BCUT2D eigenvalue weighted by molar-refractivity contribution is 6.30. The van der Waals surface area contributed by atoms with Gasteiger partial charge in [-0.3, -0.25) is 0 Å². The van der Waals surface area contributed by atoms with E-state index in [4.69, 9.17) is 17.3 Å². The van der Waals surface area contributed by atoms with Crippen molar-refractivity contribution < 1.29 is 0 Å². The maximum Gasteiger partial charge on any atom is 0.132 e. The van der Waals surface area contributed by atoms with Crippen LogP contribution in [0.3, 0.4) is 0 Å². The summed E-state index contributed by atoms with van der Waals surface area (Å²) in [5.74, 6) is 0. The van der Waals surface area contributed by atoms with Gasteiger partial charge < -0.3 is 5.73 Å². The molecular weight excluding hydrogens is 244 g/mol. The second-order valence-corrected chi connectivity index (χ2v) is 5.70. The van der Waals surface area contributed by atoms with Crippen molar-refractivity contribution in [1.29, 1.82) is 0 Å². The third kappa shape index (κ3) is 1.72. The van der Waals surface area contributed by atoms with Crippen molar-refractivity contribution in [1.82, 2.24) is 4.98 Å². The molecule has 1 heterocycles. The molecule has 18 heavy (non-hydrogen) atoms. The summed E-state index contributed by atoms with van der Waals surface area (Å²) in [5.41, 5.74) is 9.51. The van der Waals surface area contributed by atoms with Gasteiger partial charge in [-0.1, -0.05) is 24.1 Å². The molecule has 0 spiro atoms. The van der Waals surface area contributed by atoms with Crippen molar-refractivity contribution in [3.05, 3.63) is 40.5 Å². The maximum absolute atomic E-state index is 6.05. The average molecular weight is 261 g/mol. The smallest absolute Gasteiger partial charge is 0.132 e. The first-order chi connectivity index (χ1) is 8.64. The number of aromatic nitrogens is 1. The summed E-state index contributed by atoms with van der Waals surface area (Å²) in [6.07, 6.45) is 3.69. The minimum atomic E-state index is 0.210. The van der Waals surface area contributed by atoms with Crippen molar-refractivity contribution in [2.24, 2.45) is 5.73 Å². The van der Waals surface area contributed by atoms with Gasteiger partial charge in [-0.05, 0) is 49.1 Å². The Hall–Kier alpha value is -1.12. The lowest BCUT2D eigenvalue weighted by atomic mass is 9.64. The van der Waals surface area contributed by atoms with Gasteiger partial charge in [0, 0.05) is 17.3 Å². The van der Waals surface area contributed by atoms with Gasteiger partial charge in [0.15, 0.2) is 0 Å². The van der Waals surface area contributed by atoms with Gasteiger partial charge in [-0.2, -0.15) is 0 Å². The van der Waals surface area contributed by atoms with E-state index >= 15 is 0 Å². The van der Waals surface area contributed by atoms with Gasteiger partial charge in [-0.15, -0.1) is 0 Å². The van der Waals surface area contributed by atoms with Crippen LogP contribution in [0.2, 0.25) is 5.15 Å². The molecule has 2 aromatic rings. The first-order valence-corrected chi connectivity index (χ1v) is 6.80. The molecule has 0 bridgehead atoms. The summed E-state index contributed by atoms with van der Waals surface area (Å²) in [6.45, 7) is 2.72. The number of nitrogens with zero attached hydrogens (tertiary/aromatic N) is 1. The Morgan fingerprint density at radius 3 is 2.72 bits per heavy atom. The third-order valence-electron chi connectivity index (χ3n) is 4.26. The predicted octanol–water partition coefficient (Wildman–Crippen LogP) is 3.58. The molecule has 0 unspecified atom stereocenters. The zero-order valence-electron chi connectivity index (χ0n) is 10.5. The second-order valence-electron chi connectivity index (χ2n) is 5.34. The molecule has 3 heteroatoms. The predicted molar refractivity (Wildman–Crippen MR) is 76.1 cm³/mol. The van der Waals surface area contributed by atoms with Gasteiger partial charge in [0.25, 0.3) is 0 Å². The highest BCUT2D eigenvalue weighted by atomic mass is 35.5. The molecule has 2 N–H and O–H groups in total. The van der Waals surface area contributed by atoms with E-state index in [1.807, 2.05) is 6.92 Å². The molecule has 0 radical (unpaired) electrons. The molecule has 1 saturated carbocycles. The van der Waals surface area contributed by atoms with Gasteiger partial charge in [0.05, 0.1) is 5.52 Å². The number of aryl methyl sites for hydroxylation is 1. The van der Waals surface area contributed by atoms with E-state index in [0.29, 0.717) is 5.15 Å². The Morgan fingerprint density at radius 1 is 1.33 bits per heavy atom. The highest BCUT2D eigenvalue weighted by Crippen LogP contribution is 2.43. The molecule has 94 valence electrons. The lowest BCUT2D eigenvalue weighted by molar-refractivity contribution is 0.253. The Kier molecular flexibility index (Phi) is 2.80. The quantitative estimate of drug-likeness (QED) is 0.839. The number of halogens is 1. The highest BCUT2D eigenvalue weighted by Gasteiger charge is 2.37. The van der Waals surface area contributed by atoms with Crippen LogP contribution in [0.25, 0.3) is 10.9 Å². The van der Waals surface area contributed by atoms with Crippen molar-refractivity contribution in [2.75, 3.05) is 6.54 Å². The fourth-order valence-corrected chi connectivity index (χ4v) is 2.95. The van der Waals surface area contributed by atoms with Crippen LogP contribution in [0.1, 0.15) is 30.4 Å². The van der Waals surface area contributed by atoms with Gasteiger partial charge in [-0.25, -0.2) is 4.98 Å². The number of pyridine rings is 1. The lowest BCUT2D eigenvalue weighted by Crippen LogP contribution is -2.41. The van der Waals surface area contributed by atoms with Crippen molar-refractivity contribution in [2.45, 2.75) is 31.6 Å². The molecular formula is C15H17ClN2. The summed E-state index contributed by atoms with van der Waals surface area (Å²) < 4.78 is 0. The Balaban J connectivity index is 2.13. The van der Waals surface area contributed by atoms with Crippen LogP contribution < -0.4 is 5.73 Å². The fraction of sp³-hybridized carbons (Fsp3) is 0.400. The van der Waals surface area contributed by atoms with Crippen LogP contribution in [0, 0.1) is 6.92 Å². The first-order valence-electron chi connectivity index (χ1n) is 6.42. The van der Waals surface area contributed by atoms with E-state index in [0.717, 1.165) is 23.0 Å². The van der Waals surface area contributed by atoms with E-state index in [1.165, 1.54) is 24.8 Å². The number of fused-ring (bicyclic) bond motifs is 1. The largest absolute Gasteiger partial charge is 0.330 e. The second kappa shape index (κ2) is 4.22. The monoisotopic (exact) mass is 260 g/mol. The van der Waals surface area contributed by atoms with Crippen LogP contribution in [0.15, 0.2) is 24.3 Å². The SMILES string of the molecule is Cc1cc2cc(C3(CN)CCC3)ccc2nc1Cl. The number of benzene rings is 1. The summed E-state index contributed by atoms with van der Waals surface area (Å²) in [4.78, 5) is 4.40. The Labute approximate surface area is 112 Å². The maximum atomic E-state index is 6.05. The van der Waals surface area contributed by atoms with Crippen molar-refractivity contribution in [3.63, 3.8) is 0 Å². The molecule has 1 aliphatic rings. The number of rotatable bonds is 2. The lowest BCUT2D eigenvalue weighted by Gasteiger charge is -2.41. The van der Waals surface area contributed by atoms with Crippen molar-refractivity contribution >= 4 is 22.5 Å². The number of hydrogen-bond acceptors (Lipinski definition) is 2. The molecule has 0 atom stereocenters. The average Bonchev–Trinajstić information content (AvgIpc) is 2.30. The summed E-state index contributed by atoms with van der Waals surface area (Å²) >= 11 is 6.05. The van der Waals surface area contributed by atoms with Crippen LogP contribution >= 0.6 is 11.6 Å². The van der Waals surface area contributed by atoms with Crippen LogP contribution in [0.5, 0.6) is 0 Å².